The summed E-state index contributed by atoms with van der Waals surface area (Å²) in [6, 6.07) is 7.15. The third-order valence-corrected chi connectivity index (χ3v) is 5.55. The summed E-state index contributed by atoms with van der Waals surface area (Å²) in [5.41, 5.74) is 1.26. The van der Waals surface area contributed by atoms with E-state index in [0.717, 1.165) is 44.0 Å². The van der Waals surface area contributed by atoms with Gasteiger partial charge in [0, 0.05) is 32.1 Å². The Labute approximate surface area is 143 Å². The van der Waals surface area contributed by atoms with Gasteiger partial charge in [-0.15, -0.1) is 0 Å². The van der Waals surface area contributed by atoms with E-state index >= 15 is 0 Å². The molecule has 0 saturated carbocycles. The van der Waals surface area contributed by atoms with Crippen molar-refractivity contribution in [2.45, 2.75) is 51.2 Å². The topological polar surface area (TPSA) is 42.0 Å². The highest BCUT2D eigenvalue weighted by Gasteiger charge is 2.38. The number of nitrogens with zero attached hydrogens (tertiary/aromatic N) is 2. The third kappa shape index (κ3) is 2.97. The van der Waals surface area contributed by atoms with Gasteiger partial charge in [0.15, 0.2) is 11.5 Å². The Kier molecular flexibility index (Phi) is 4.35. The first-order chi connectivity index (χ1) is 11.7. The maximum absolute atomic E-state index is 11.9. The Morgan fingerprint density at radius 3 is 2.67 bits per heavy atom. The highest BCUT2D eigenvalue weighted by Crippen LogP contribution is 2.34. The summed E-state index contributed by atoms with van der Waals surface area (Å²) >= 11 is 0. The third-order valence-electron chi connectivity index (χ3n) is 5.55. The summed E-state index contributed by atoms with van der Waals surface area (Å²) in [5, 5.41) is 0. The molecule has 0 bridgehead atoms. The summed E-state index contributed by atoms with van der Waals surface area (Å²) in [4.78, 5) is 16.6. The van der Waals surface area contributed by atoms with Gasteiger partial charge in [0.1, 0.15) is 13.2 Å². The Morgan fingerprint density at radius 1 is 1.08 bits per heavy atom. The van der Waals surface area contributed by atoms with Gasteiger partial charge in [-0.25, -0.2) is 0 Å². The zero-order valence-electron chi connectivity index (χ0n) is 14.4. The van der Waals surface area contributed by atoms with Gasteiger partial charge in [-0.1, -0.05) is 6.07 Å². The standard InChI is InChI=1S/C19H26N2O3/c1-14(22)21-9-3-5-17(21)16-4-2-8-20(16)13-15-6-7-18-19(12-15)24-11-10-23-18/h6-7,12,16-17H,2-5,8-11,13H2,1H3/t16-,17+/m1/s1. The molecule has 1 amide bonds. The summed E-state index contributed by atoms with van der Waals surface area (Å²) < 4.78 is 11.3. The number of benzene rings is 1. The van der Waals surface area contributed by atoms with Crippen molar-refractivity contribution in [3.05, 3.63) is 23.8 Å². The van der Waals surface area contributed by atoms with Crippen LogP contribution in [0.4, 0.5) is 0 Å². The monoisotopic (exact) mass is 330 g/mol. The fourth-order valence-corrected chi connectivity index (χ4v) is 4.49. The van der Waals surface area contributed by atoms with E-state index in [1.807, 2.05) is 6.07 Å². The Hall–Kier alpha value is -1.75. The second kappa shape index (κ2) is 6.63. The van der Waals surface area contributed by atoms with Crippen LogP contribution < -0.4 is 9.47 Å². The highest BCUT2D eigenvalue weighted by atomic mass is 16.6. The van der Waals surface area contributed by atoms with Gasteiger partial charge >= 0.3 is 0 Å². The molecule has 24 heavy (non-hydrogen) atoms. The highest BCUT2D eigenvalue weighted by molar-refractivity contribution is 5.74. The fraction of sp³-hybridized carbons (Fsp3) is 0.632. The van der Waals surface area contributed by atoms with E-state index in [1.54, 1.807) is 6.92 Å². The molecular weight excluding hydrogens is 304 g/mol. The molecular formula is C19H26N2O3. The molecule has 1 aromatic rings. The number of likely N-dealkylation sites (tertiary alicyclic amines) is 2. The second-order valence-electron chi connectivity index (χ2n) is 7.08. The fourth-order valence-electron chi connectivity index (χ4n) is 4.49. The molecule has 5 nitrogen and oxygen atoms in total. The molecule has 2 saturated heterocycles. The maximum Gasteiger partial charge on any atom is 0.219 e. The SMILES string of the molecule is CC(=O)N1CCC[C@H]1[C@H]1CCCN1Cc1ccc2c(c1)OCCO2. The zero-order valence-corrected chi connectivity index (χ0v) is 14.4. The lowest BCUT2D eigenvalue weighted by atomic mass is 10.0. The van der Waals surface area contributed by atoms with Crippen molar-refractivity contribution in [2.24, 2.45) is 0 Å². The lowest BCUT2D eigenvalue weighted by molar-refractivity contribution is -0.130. The van der Waals surface area contributed by atoms with Crippen molar-refractivity contribution >= 4 is 5.91 Å². The molecule has 1 aromatic carbocycles. The normalized spacial score (nSPS) is 26.8. The zero-order chi connectivity index (χ0) is 16.5. The van der Waals surface area contributed by atoms with Crippen LogP contribution in [0.1, 0.15) is 38.2 Å². The predicted octanol–water partition coefficient (Wildman–Crippen LogP) is 2.43. The number of rotatable bonds is 3. The molecule has 3 heterocycles. The average Bonchev–Trinajstić information content (AvgIpc) is 3.23. The molecule has 0 spiro atoms. The Morgan fingerprint density at radius 2 is 1.83 bits per heavy atom. The van der Waals surface area contributed by atoms with Crippen molar-refractivity contribution in [3.8, 4) is 11.5 Å². The average molecular weight is 330 g/mol. The predicted molar refractivity (Wildman–Crippen MR) is 91.3 cm³/mol. The molecule has 0 radical (unpaired) electrons. The molecule has 5 heteroatoms. The summed E-state index contributed by atoms with van der Waals surface area (Å²) in [5.74, 6) is 1.94. The van der Waals surface area contributed by atoms with Gasteiger partial charge in [-0.05, 0) is 49.9 Å². The number of hydrogen-bond acceptors (Lipinski definition) is 4. The van der Waals surface area contributed by atoms with Crippen LogP contribution in [-0.4, -0.2) is 54.1 Å². The van der Waals surface area contributed by atoms with E-state index < -0.39 is 0 Å². The molecule has 0 unspecified atom stereocenters. The summed E-state index contributed by atoms with van der Waals surface area (Å²) in [6.07, 6.45) is 4.69. The van der Waals surface area contributed by atoms with Crippen LogP contribution >= 0.6 is 0 Å². The first-order valence-corrected chi connectivity index (χ1v) is 9.12. The number of carbonyl (C=O) groups is 1. The van der Waals surface area contributed by atoms with Crippen molar-refractivity contribution in [2.75, 3.05) is 26.3 Å². The molecule has 4 rings (SSSR count). The summed E-state index contributed by atoms with van der Waals surface area (Å²) in [7, 11) is 0. The van der Waals surface area contributed by atoms with Gasteiger partial charge in [0.05, 0.1) is 0 Å². The molecule has 0 aromatic heterocycles. The van der Waals surface area contributed by atoms with Crippen molar-refractivity contribution in [1.29, 1.82) is 0 Å². The maximum atomic E-state index is 11.9. The molecule has 3 aliphatic rings. The van der Waals surface area contributed by atoms with E-state index in [2.05, 4.69) is 21.9 Å². The number of fused-ring (bicyclic) bond motifs is 1. The van der Waals surface area contributed by atoms with Crippen LogP contribution in [0, 0.1) is 0 Å². The molecule has 130 valence electrons. The van der Waals surface area contributed by atoms with Crippen LogP contribution in [0.25, 0.3) is 0 Å². The molecule has 0 aliphatic carbocycles. The van der Waals surface area contributed by atoms with E-state index in [-0.39, 0.29) is 5.91 Å². The minimum atomic E-state index is 0.226. The van der Waals surface area contributed by atoms with Crippen LogP contribution in [0.3, 0.4) is 0 Å². The molecule has 2 atom stereocenters. The lowest BCUT2D eigenvalue weighted by Crippen LogP contribution is -2.47. The molecule has 2 fully saturated rings. The smallest absolute Gasteiger partial charge is 0.219 e. The Balaban J connectivity index is 1.48. The van der Waals surface area contributed by atoms with Crippen LogP contribution in [0.5, 0.6) is 11.5 Å². The lowest BCUT2D eigenvalue weighted by Gasteiger charge is -2.34. The van der Waals surface area contributed by atoms with Gasteiger partial charge in [0.25, 0.3) is 0 Å². The summed E-state index contributed by atoms with van der Waals surface area (Å²) in [6.45, 7) is 5.92. The molecule has 0 N–H and O–H groups in total. The van der Waals surface area contributed by atoms with Crippen molar-refractivity contribution in [1.82, 2.24) is 9.80 Å². The van der Waals surface area contributed by atoms with Gasteiger partial charge in [0.2, 0.25) is 5.91 Å². The second-order valence-corrected chi connectivity index (χ2v) is 7.08. The van der Waals surface area contributed by atoms with Crippen LogP contribution in [0.2, 0.25) is 0 Å². The van der Waals surface area contributed by atoms with Crippen molar-refractivity contribution < 1.29 is 14.3 Å². The van der Waals surface area contributed by atoms with E-state index in [9.17, 15) is 4.79 Å². The van der Waals surface area contributed by atoms with Gasteiger partial charge < -0.3 is 14.4 Å². The van der Waals surface area contributed by atoms with Crippen molar-refractivity contribution in [3.63, 3.8) is 0 Å². The first-order valence-electron chi connectivity index (χ1n) is 9.12. The van der Waals surface area contributed by atoms with Gasteiger partial charge in [-0.2, -0.15) is 0 Å². The quantitative estimate of drug-likeness (QED) is 0.854. The van der Waals surface area contributed by atoms with E-state index in [1.165, 1.54) is 18.4 Å². The van der Waals surface area contributed by atoms with Crippen LogP contribution in [-0.2, 0) is 11.3 Å². The number of hydrogen-bond donors (Lipinski definition) is 0. The minimum absolute atomic E-state index is 0.226. The first kappa shape index (κ1) is 15.8. The Bertz CT molecular complexity index is 619. The molecule has 3 aliphatic heterocycles. The van der Waals surface area contributed by atoms with E-state index in [0.29, 0.717) is 25.3 Å². The largest absolute Gasteiger partial charge is 0.486 e. The van der Waals surface area contributed by atoms with E-state index in [4.69, 9.17) is 9.47 Å². The number of carbonyl (C=O) groups excluding carboxylic acids is 1. The minimum Gasteiger partial charge on any atom is -0.486 e. The van der Waals surface area contributed by atoms with Crippen LogP contribution in [0.15, 0.2) is 18.2 Å². The van der Waals surface area contributed by atoms with Gasteiger partial charge in [-0.3, -0.25) is 9.69 Å². The number of ether oxygens (including phenoxy) is 2. The number of amides is 1.